The molecule has 1 aromatic rings. The molecule has 21 heavy (non-hydrogen) atoms. The molecular formula is C15H25FIN3S. The molecule has 0 aliphatic heterocycles. The first-order valence-corrected chi connectivity index (χ1v) is 7.93. The van der Waals surface area contributed by atoms with Gasteiger partial charge in [-0.25, -0.2) is 4.39 Å². The van der Waals surface area contributed by atoms with E-state index >= 15 is 0 Å². The van der Waals surface area contributed by atoms with Crippen LogP contribution < -0.4 is 10.6 Å². The van der Waals surface area contributed by atoms with E-state index in [1.54, 1.807) is 7.05 Å². The fourth-order valence-corrected chi connectivity index (χ4v) is 1.78. The summed E-state index contributed by atoms with van der Waals surface area (Å²) in [6, 6.07) is 6.60. The van der Waals surface area contributed by atoms with Crippen LogP contribution in [0.4, 0.5) is 4.39 Å². The lowest BCUT2D eigenvalue weighted by Crippen LogP contribution is -2.43. The quantitative estimate of drug-likeness (QED) is 0.417. The Bertz CT molecular complexity index is 435. The third-order valence-electron chi connectivity index (χ3n) is 3.08. The average molecular weight is 425 g/mol. The van der Waals surface area contributed by atoms with Crippen LogP contribution in [-0.4, -0.2) is 37.1 Å². The van der Waals surface area contributed by atoms with Crippen LogP contribution in [0.2, 0.25) is 0 Å². The minimum Gasteiger partial charge on any atom is -0.356 e. The molecule has 0 unspecified atom stereocenters. The van der Waals surface area contributed by atoms with Gasteiger partial charge in [-0.15, -0.1) is 24.0 Å². The Morgan fingerprint density at radius 3 is 2.38 bits per heavy atom. The summed E-state index contributed by atoms with van der Waals surface area (Å²) in [5.74, 6) is 0.604. The lowest BCUT2D eigenvalue weighted by molar-refractivity contribution is 0.626. The Hall–Kier alpha value is -0.500. The van der Waals surface area contributed by atoms with E-state index in [0.29, 0.717) is 0 Å². The third-order valence-corrected chi connectivity index (χ3v) is 4.33. The van der Waals surface area contributed by atoms with E-state index in [1.165, 1.54) is 12.1 Å². The number of nitrogens with zero attached hydrogens (tertiary/aromatic N) is 1. The summed E-state index contributed by atoms with van der Waals surface area (Å²) in [6.45, 7) is 6.00. The van der Waals surface area contributed by atoms with Gasteiger partial charge in [-0.05, 0) is 44.2 Å². The number of rotatable bonds is 6. The van der Waals surface area contributed by atoms with Crippen LogP contribution in [0, 0.1) is 5.82 Å². The Labute approximate surface area is 148 Å². The molecule has 0 radical (unpaired) electrons. The molecular weight excluding hydrogens is 400 g/mol. The monoisotopic (exact) mass is 425 g/mol. The number of hydrogen-bond acceptors (Lipinski definition) is 2. The van der Waals surface area contributed by atoms with Crippen LogP contribution in [0.1, 0.15) is 19.4 Å². The Morgan fingerprint density at radius 2 is 1.86 bits per heavy atom. The number of thioether (sulfide) groups is 1. The zero-order chi connectivity index (χ0) is 15.0. The minimum atomic E-state index is -0.196. The van der Waals surface area contributed by atoms with Crippen LogP contribution in [0.25, 0.3) is 0 Å². The number of guanidine groups is 1. The molecule has 0 spiro atoms. The van der Waals surface area contributed by atoms with Gasteiger partial charge in [0.05, 0.1) is 0 Å². The van der Waals surface area contributed by atoms with Crippen molar-refractivity contribution >= 4 is 41.7 Å². The SMILES string of the molecule is CN=C(NCCc1ccc(F)cc1)NCC(C)(C)SC.I. The summed E-state index contributed by atoms with van der Waals surface area (Å²) in [6.07, 6.45) is 2.94. The Balaban J connectivity index is 0.00000400. The number of aliphatic imine (C=N–C) groups is 1. The fraction of sp³-hybridized carbons (Fsp3) is 0.533. The molecule has 0 aromatic heterocycles. The van der Waals surface area contributed by atoms with Gasteiger partial charge < -0.3 is 10.6 Å². The molecule has 1 rings (SSSR count). The van der Waals surface area contributed by atoms with Gasteiger partial charge in [-0.1, -0.05) is 12.1 Å². The molecule has 6 heteroatoms. The van der Waals surface area contributed by atoms with Crippen molar-refractivity contribution in [3.63, 3.8) is 0 Å². The van der Waals surface area contributed by atoms with E-state index in [9.17, 15) is 4.39 Å². The summed E-state index contributed by atoms with van der Waals surface area (Å²) < 4.78 is 13.0. The molecule has 0 bridgehead atoms. The van der Waals surface area contributed by atoms with Crippen molar-refractivity contribution in [2.24, 2.45) is 4.99 Å². The Morgan fingerprint density at radius 1 is 1.24 bits per heavy atom. The van der Waals surface area contributed by atoms with E-state index in [4.69, 9.17) is 0 Å². The summed E-state index contributed by atoms with van der Waals surface area (Å²) in [7, 11) is 1.76. The highest BCUT2D eigenvalue weighted by Crippen LogP contribution is 2.19. The number of halogens is 2. The summed E-state index contributed by atoms with van der Waals surface area (Å²) in [5.41, 5.74) is 1.11. The van der Waals surface area contributed by atoms with Crippen molar-refractivity contribution in [2.45, 2.75) is 25.0 Å². The van der Waals surface area contributed by atoms with E-state index in [2.05, 4.69) is 35.7 Å². The van der Waals surface area contributed by atoms with E-state index < -0.39 is 0 Å². The fourth-order valence-electron chi connectivity index (χ4n) is 1.57. The van der Waals surface area contributed by atoms with Crippen LogP contribution in [0.5, 0.6) is 0 Å². The Kier molecular flexibility index (Phi) is 10.0. The van der Waals surface area contributed by atoms with Crippen molar-refractivity contribution in [1.82, 2.24) is 10.6 Å². The molecule has 0 amide bonds. The second-order valence-corrected chi connectivity index (χ2v) is 6.71. The zero-order valence-corrected chi connectivity index (χ0v) is 16.2. The average Bonchev–Trinajstić information content (AvgIpc) is 2.44. The zero-order valence-electron chi connectivity index (χ0n) is 13.1. The largest absolute Gasteiger partial charge is 0.356 e. The molecule has 0 aliphatic rings. The molecule has 0 aliphatic carbocycles. The lowest BCUT2D eigenvalue weighted by atomic mass is 10.1. The molecule has 0 heterocycles. The molecule has 120 valence electrons. The number of hydrogen-bond donors (Lipinski definition) is 2. The maximum Gasteiger partial charge on any atom is 0.191 e. The predicted molar refractivity (Wildman–Crippen MR) is 102 cm³/mol. The van der Waals surface area contributed by atoms with Crippen molar-refractivity contribution < 1.29 is 4.39 Å². The van der Waals surface area contributed by atoms with Crippen molar-refractivity contribution in [3.8, 4) is 0 Å². The molecule has 0 atom stereocenters. The maximum absolute atomic E-state index is 12.8. The van der Waals surface area contributed by atoms with Crippen LogP contribution >= 0.6 is 35.7 Å². The van der Waals surface area contributed by atoms with Crippen molar-refractivity contribution in [2.75, 3.05) is 26.4 Å². The minimum absolute atomic E-state index is 0. The summed E-state index contributed by atoms with van der Waals surface area (Å²) >= 11 is 1.82. The third kappa shape index (κ3) is 8.50. The molecule has 2 N–H and O–H groups in total. The van der Waals surface area contributed by atoms with Crippen molar-refractivity contribution in [1.29, 1.82) is 0 Å². The highest BCUT2D eigenvalue weighted by molar-refractivity contribution is 14.0. The first-order chi connectivity index (χ1) is 9.46. The molecule has 0 saturated heterocycles. The maximum atomic E-state index is 12.8. The first-order valence-electron chi connectivity index (χ1n) is 6.71. The predicted octanol–water partition coefficient (Wildman–Crippen LogP) is 3.29. The molecule has 1 aromatic carbocycles. The van der Waals surface area contributed by atoms with E-state index in [0.717, 1.165) is 31.0 Å². The van der Waals surface area contributed by atoms with Gasteiger partial charge in [0.15, 0.2) is 5.96 Å². The standard InChI is InChI=1S/C15H24FN3S.HI/c1-15(2,20-4)11-19-14(17-3)18-10-9-12-5-7-13(16)8-6-12;/h5-8H,9-11H2,1-4H3,(H2,17,18,19);1H. The van der Waals surface area contributed by atoms with Gasteiger partial charge in [0.1, 0.15) is 5.82 Å². The van der Waals surface area contributed by atoms with Gasteiger partial charge in [0.25, 0.3) is 0 Å². The summed E-state index contributed by atoms with van der Waals surface area (Å²) in [5, 5.41) is 6.58. The van der Waals surface area contributed by atoms with Gasteiger partial charge in [0.2, 0.25) is 0 Å². The van der Waals surface area contributed by atoms with Gasteiger partial charge >= 0.3 is 0 Å². The molecule has 0 saturated carbocycles. The molecule has 0 fully saturated rings. The second-order valence-electron chi connectivity index (χ2n) is 5.19. The van der Waals surface area contributed by atoms with Gasteiger partial charge in [-0.3, -0.25) is 4.99 Å². The highest BCUT2D eigenvalue weighted by atomic mass is 127. The smallest absolute Gasteiger partial charge is 0.191 e. The highest BCUT2D eigenvalue weighted by Gasteiger charge is 2.15. The van der Waals surface area contributed by atoms with E-state index in [1.807, 2.05) is 23.9 Å². The van der Waals surface area contributed by atoms with Gasteiger partial charge in [-0.2, -0.15) is 11.8 Å². The first kappa shape index (κ1) is 20.5. The topological polar surface area (TPSA) is 36.4 Å². The normalized spacial score (nSPS) is 11.8. The van der Waals surface area contributed by atoms with E-state index in [-0.39, 0.29) is 34.5 Å². The van der Waals surface area contributed by atoms with Crippen LogP contribution in [0.15, 0.2) is 29.3 Å². The lowest BCUT2D eigenvalue weighted by Gasteiger charge is -2.23. The summed E-state index contributed by atoms with van der Waals surface area (Å²) in [4.78, 5) is 4.20. The van der Waals surface area contributed by atoms with Gasteiger partial charge in [0, 0.05) is 24.9 Å². The van der Waals surface area contributed by atoms with Crippen LogP contribution in [-0.2, 0) is 6.42 Å². The van der Waals surface area contributed by atoms with Crippen molar-refractivity contribution in [3.05, 3.63) is 35.6 Å². The number of nitrogens with one attached hydrogen (secondary N) is 2. The van der Waals surface area contributed by atoms with Crippen LogP contribution in [0.3, 0.4) is 0 Å². The number of benzene rings is 1. The second kappa shape index (κ2) is 10.3. The molecule has 3 nitrogen and oxygen atoms in total.